The molecule has 0 fully saturated rings. The summed E-state index contributed by atoms with van der Waals surface area (Å²) in [4.78, 5) is 27.6. The highest BCUT2D eigenvalue weighted by Gasteiger charge is 2.38. The molecule has 37 heavy (non-hydrogen) atoms. The number of halogens is 3. The third kappa shape index (κ3) is 7.55. The second kappa shape index (κ2) is 12.4. The monoisotopic (exact) mass is 518 g/mol. The Balaban J connectivity index is 1.69. The fraction of sp³-hybridized carbons (Fsp3) is 0.385. The van der Waals surface area contributed by atoms with Crippen LogP contribution in [0.4, 0.5) is 18.9 Å². The van der Waals surface area contributed by atoms with Crippen molar-refractivity contribution in [2.75, 3.05) is 11.9 Å². The molecule has 3 rings (SSSR count). The summed E-state index contributed by atoms with van der Waals surface area (Å²) in [6.45, 7) is 5.57. The number of alkyl halides is 3. The Bertz CT molecular complexity index is 1180. The minimum Gasteiger partial charge on any atom is -0.464 e. The molecule has 11 heteroatoms. The van der Waals surface area contributed by atoms with Crippen molar-refractivity contribution >= 4 is 17.6 Å². The maximum atomic E-state index is 12.8. The molecule has 2 N–H and O–H groups in total. The molecule has 198 valence electrons. The number of hydrogen-bond donors (Lipinski definition) is 2. The lowest BCUT2D eigenvalue weighted by molar-refractivity contribution is -0.159. The number of aromatic nitrogens is 2. The van der Waals surface area contributed by atoms with Gasteiger partial charge in [-0.2, -0.15) is 18.2 Å². The molecular weight excluding hydrogens is 489 g/mol. The molecule has 8 nitrogen and oxygen atoms in total. The number of hydrogen-bond acceptors (Lipinski definition) is 7. The largest absolute Gasteiger partial charge is 0.471 e. The summed E-state index contributed by atoms with van der Waals surface area (Å²) in [7, 11) is 0. The van der Waals surface area contributed by atoms with E-state index in [-0.39, 0.29) is 24.4 Å². The van der Waals surface area contributed by atoms with Gasteiger partial charge in [0, 0.05) is 16.8 Å². The van der Waals surface area contributed by atoms with E-state index in [1.54, 1.807) is 50.2 Å². The van der Waals surface area contributed by atoms with E-state index < -0.39 is 24.1 Å². The number of benzene rings is 2. The lowest BCUT2D eigenvalue weighted by atomic mass is 9.99. The molecule has 1 heterocycles. The average Bonchev–Trinajstić information content (AvgIpc) is 3.38. The summed E-state index contributed by atoms with van der Waals surface area (Å²) in [5.41, 5.74) is 2.52. The van der Waals surface area contributed by atoms with Gasteiger partial charge in [0.15, 0.2) is 0 Å². The summed E-state index contributed by atoms with van der Waals surface area (Å²) in [5.74, 6) is -2.41. The van der Waals surface area contributed by atoms with Crippen LogP contribution in [0.1, 0.15) is 67.9 Å². The summed E-state index contributed by atoms with van der Waals surface area (Å²) in [6, 6.07) is 12.9. The Hall–Kier alpha value is -3.89. The van der Waals surface area contributed by atoms with Crippen LogP contribution in [0.5, 0.6) is 0 Å². The highest BCUT2D eigenvalue weighted by atomic mass is 19.4. The van der Waals surface area contributed by atoms with E-state index in [9.17, 15) is 22.8 Å². The lowest BCUT2D eigenvalue weighted by Crippen LogP contribution is -2.39. The first kappa shape index (κ1) is 27.7. The molecule has 0 aliphatic carbocycles. The van der Waals surface area contributed by atoms with Gasteiger partial charge in [0.2, 0.25) is 5.82 Å². The number of nitrogens with one attached hydrogen (secondary N) is 2. The van der Waals surface area contributed by atoms with Crippen LogP contribution in [0.15, 0.2) is 53.1 Å². The molecule has 1 unspecified atom stereocenters. The standard InChI is InChI=1S/C26H29F3N4O4/c1-4-6-7-21(17-8-10-18(11-9-17)22-32-25(37-33-22)26(27,28)29)31-20-14-12-19(13-15-20)23(34)30-16(3)24(35)36-5-2/h8-16,21,31H,4-7H2,1-3H3,(H,30,34)/t16-,21?/m1/s1. The first-order chi connectivity index (χ1) is 17.6. The zero-order valence-electron chi connectivity index (χ0n) is 20.8. The normalized spacial score (nSPS) is 13.0. The Labute approximate surface area is 212 Å². The summed E-state index contributed by atoms with van der Waals surface area (Å²) in [5, 5.41) is 9.48. The fourth-order valence-electron chi connectivity index (χ4n) is 3.58. The van der Waals surface area contributed by atoms with Gasteiger partial charge in [-0.1, -0.05) is 49.2 Å². The van der Waals surface area contributed by atoms with Crippen molar-refractivity contribution in [3.05, 3.63) is 65.5 Å². The number of rotatable bonds is 11. The number of unbranched alkanes of at least 4 members (excludes halogenated alkanes) is 1. The van der Waals surface area contributed by atoms with Gasteiger partial charge in [0.25, 0.3) is 5.91 Å². The first-order valence-electron chi connectivity index (χ1n) is 12.0. The smallest absolute Gasteiger partial charge is 0.464 e. The van der Waals surface area contributed by atoms with Gasteiger partial charge in [0.05, 0.1) is 12.6 Å². The number of amides is 1. The molecule has 1 aromatic heterocycles. The maximum Gasteiger partial charge on any atom is 0.471 e. The molecule has 2 aromatic carbocycles. The van der Waals surface area contributed by atoms with E-state index in [0.29, 0.717) is 11.1 Å². The third-order valence-corrected chi connectivity index (χ3v) is 5.56. The highest BCUT2D eigenvalue weighted by molar-refractivity contribution is 5.96. The predicted octanol–water partition coefficient (Wildman–Crippen LogP) is 5.78. The van der Waals surface area contributed by atoms with Crippen LogP contribution in [0.25, 0.3) is 11.4 Å². The molecule has 2 atom stereocenters. The number of esters is 1. The molecule has 0 saturated carbocycles. The van der Waals surface area contributed by atoms with E-state index in [4.69, 9.17) is 4.74 Å². The zero-order chi connectivity index (χ0) is 27.0. The Morgan fingerprint density at radius 3 is 2.30 bits per heavy atom. The van der Waals surface area contributed by atoms with Crippen molar-refractivity contribution in [1.29, 1.82) is 0 Å². The molecule has 0 bridgehead atoms. The van der Waals surface area contributed by atoms with Crippen LogP contribution in [0, 0.1) is 0 Å². The minimum absolute atomic E-state index is 0.0754. The van der Waals surface area contributed by atoms with Crippen molar-refractivity contribution in [1.82, 2.24) is 15.5 Å². The van der Waals surface area contributed by atoms with E-state index >= 15 is 0 Å². The topological polar surface area (TPSA) is 106 Å². The number of nitrogens with zero attached hydrogens (tertiary/aromatic N) is 2. The van der Waals surface area contributed by atoms with Gasteiger partial charge >= 0.3 is 18.0 Å². The molecular formula is C26H29F3N4O4. The van der Waals surface area contributed by atoms with Crippen molar-refractivity contribution < 1.29 is 32.0 Å². The molecule has 0 aliphatic rings. The van der Waals surface area contributed by atoms with Crippen LogP contribution in [-0.4, -0.2) is 34.7 Å². The molecule has 0 radical (unpaired) electrons. The Kier molecular flexibility index (Phi) is 9.26. The van der Waals surface area contributed by atoms with Crippen LogP contribution < -0.4 is 10.6 Å². The molecule has 1 amide bonds. The van der Waals surface area contributed by atoms with Gasteiger partial charge in [-0.05, 0) is 50.1 Å². The Morgan fingerprint density at radius 2 is 1.73 bits per heavy atom. The van der Waals surface area contributed by atoms with Crippen molar-refractivity contribution in [3.8, 4) is 11.4 Å². The van der Waals surface area contributed by atoms with Gasteiger partial charge in [-0.15, -0.1) is 0 Å². The van der Waals surface area contributed by atoms with Gasteiger partial charge in [-0.25, -0.2) is 4.79 Å². The zero-order valence-corrected chi connectivity index (χ0v) is 20.8. The van der Waals surface area contributed by atoms with E-state index in [1.807, 2.05) is 12.1 Å². The van der Waals surface area contributed by atoms with Crippen molar-refractivity contribution in [3.63, 3.8) is 0 Å². The summed E-state index contributed by atoms with van der Waals surface area (Å²) >= 11 is 0. The summed E-state index contributed by atoms with van der Waals surface area (Å²) in [6.07, 6.45) is -1.95. The number of ether oxygens (including phenoxy) is 1. The molecule has 3 aromatic rings. The van der Waals surface area contributed by atoms with Crippen LogP contribution in [0.3, 0.4) is 0 Å². The van der Waals surface area contributed by atoms with Crippen LogP contribution >= 0.6 is 0 Å². The fourth-order valence-corrected chi connectivity index (χ4v) is 3.58. The Morgan fingerprint density at radius 1 is 1.05 bits per heavy atom. The van der Waals surface area contributed by atoms with Gasteiger partial charge < -0.3 is 19.9 Å². The first-order valence-corrected chi connectivity index (χ1v) is 12.0. The van der Waals surface area contributed by atoms with Gasteiger partial charge in [-0.3, -0.25) is 4.79 Å². The quantitative estimate of drug-likeness (QED) is 0.310. The maximum absolute atomic E-state index is 12.8. The number of carbonyl (C=O) groups is 2. The van der Waals surface area contributed by atoms with Gasteiger partial charge in [0.1, 0.15) is 6.04 Å². The second-order valence-corrected chi connectivity index (χ2v) is 8.41. The van der Waals surface area contributed by atoms with Crippen molar-refractivity contribution in [2.45, 2.75) is 58.3 Å². The molecule has 0 spiro atoms. The molecule has 0 aliphatic heterocycles. The van der Waals surface area contributed by atoms with E-state index in [2.05, 4.69) is 32.2 Å². The van der Waals surface area contributed by atoms with E-state index in [1.165, 1.54) is 0 Å². The van der Waals surface area contributed by atoms with Crippen LogP contribution in [0.2, 0.25) is 0 Å². The number of anilines is 1. The average molecular weight is 519 g/mol. The predicted molar refractivity (Wildman–Crippen MR) is 131 cm³/mol. The molecule has 0 saturated heterocycles. The van der Waals surface area contributed by atoms with Crippen LogP contribution in [-0.2, 0) is 15.7 Å². The van der Waals surface area contributed by atoms with Crippen molar-refractivity contribution in [2.24, 2.45) is 0 Å². The summed E-state index contributed by atoms with van der Waals surface area (Å²) < 4.78 is 47.5. The second-order valence-electron chi connectivity index (χ2n) is 8.41. The number of carbonyl (C=O) groups excluding carboxylic acids is 2. The third-order valence-electron chi connectivity index (χ3n) is 5.56. The lowest BCUT2D eigenvalue weighted by Gasteiger charge is -2.21. The van der Waals surface area contributed by atoms with E-state index in [0.717, 1.165) is 30.5 Å². The SMILES string of the molecule is CCCCC(Nc1ccc(C(=O)N[C@H](C)C(=O)OCC)cc1)c1ccc(-c2noc(C(F)(F)F)n2)cc1. The minimum atomic E-state index is -4.70. The highest BCUT2D eigenvalue weighted by Crippen LogP contribution is 2.30.